The first-order valence-corrected chi connectivity index (χ1v) is 8.66. The van der Waals surface area contributed by atoms with Gasteiger partial charge in [0.05, 0.1) is 6.61 Å². The molecule has 0 aromatic heterocycles. The minimum absolute atomic E-state index is 0.262. The van der Waals surface area contributed by atoms with Gasteiger partial charge in [-0.05, 0) is 47.9 Å². The van der Waals surface area contributed by atoms with Gasteiger partial charge in [-0.15, -0.1) is 11.8 Å². The first-order valence-electron chi connectivity index (χ1n) is 7.67. The Morgan fingerprint density at radius 2 is 2.00 bits per heavy atom. The molecule has 0 fully saturated rings. The molecule has 0 radical (unpaired) electrons. The molecule has 2 aromatic carbocycles. The van der Waals surface area contributed by atoms with Crippen LogP contribution in [0.2, 0.25) is 0 Å². The van der Waals surface area contributed by atoms with E-state index in [4.69, 9.17) is 9.84 Å². The molecule has 1 aliphatic heterocycles. The highest BCUT2D eigenvalue weighted by molar-refractivity contribution is 7.99. The van der Waals surface area contributed by atoms with Crippen LogP contribution in [-0.4, -0.2) is 24.1 Å². The summed E-state index contributed by atoms with van der Waals surface area (Å²) in [4.78, 5) is 1.24. The van der Waals surface area contributed by atoms with E-state index >= 15 is 0 Å². The Kier molecular flexibility index (Phi) is 5.24. The number of aliphatic hydroxyl groups is 1. The van der Waals surface area contributed by atoms with Crippen LogP contribution in [0.15, 0.2) is 47.4 Å². The van der Waals surface area contributed by atoms with Crippen molar-refractivity contribution in [3.05, 3.63) is 53.6 Å². The largest absolute Gasteiger partial charge is 0.493 e. The van der Waals surface area contributed by atoms with Gasteiger partial charge in [0.25, 0.3) is 0 Å². The molecule has 116 valence electrons. The topological polar surface area (TPSA) is 41.5 Å². The molecule has 3 nitrogen and oxygen atoms in total. The molecule has 1 aliphatic rings. The van der Waals surface area contributed by atoms with Crippen LogP contribution in [0.1, 0.15) is 17.5 Å². The van der Waals surface area contributed by atoms with Crippen LogP contribution >= 0.6 is 11.8 Å². The molecule has 0 aliphatic carbocycles. The predicted molar refractivity (Wildman–Crippen MR) is 91.8 cm³/mol. The average Bonchev–Trinajstić information content (AvgIpc) is 3.02. The minimum Gasteiger partial charge on any atom is -0.493 e. The summed E-state index contributed by atoms with van der Waals surface area (Å²) in [5.74, 6) is 1.99. The monoisotopic (exact) mass is 315 g/mol. The molecule has 0 unspecified atom stereocenters. The van der Waals surface area contributed by atoms with Crippen molar-refractivity contribution in [2.24, 2.45) is 0 Å². The number of nitrogens with one attached hydrogen (secondary N) is 1. The van der Waals surface area contributed by atoms with E-state index in [1.54, 1.807) is 11.8 Å². The molecule has 0 saturated carbocycles. The molecule has 4 heteroatoms. The number of rotatable bonds is 7. The van der Waals surface area contributed by atoms with E-state index in [0.717, 1.165) is 43.2 Å². The third-order valence-corrected chi connectivity index (χ3v) is 4.77. The fourth-order valence-electron chi connectivity index (χ4n) is 2.48. The zero-order valence-electron chi connectivity index (χ0n) is 12.5. The summed E-state index contributed by atoms with van der Waals surface area (Å²) >= 11 is 1.78. The van der Waals surface area contributed by atoms with Crippen molar-refractivity contribution in [1.82, 2.24) is 0 Å². The molecule has 2 N–H and O–H groups in total. The number of benzene rings is 2. The Hall–Kier alpha value is -1.65. The highest BCUT2D eigenvalue weighted by atomic mass is 32.2. The lowest BCUT2D eigenvalue weighted by Crippen LogP contribution is -1.99. The van der Waals surface area contributed by atoms with Crippen molar-refractivity contribution in [1.29, 1.82) is 0 Å². The lowest BCUT2D eigenvalue weighted by Gasteiger charge is -2.09. The van der Waals surface area contributed by atoms with Crippen LogP contribution in [0, 0.1) is 0 Å². The van der Waals surface area contributed by atoms with E-state index < -0.39 is 0 Å². The van der Waals surface area contributed by atoms with E-state index in [9.17, 15) is 0 Å². The minimum atomic E-state index is 0.262. The number of anilines is 1. The van der Waals surface area contributed by atoms with Gasteiger partial charge in [-0.25, -0.2) is 0 Å². The summed E-state index contributed by atoms with van der Waals surface area (Å²) in [5.41, 5.74) is 3.73. The van der Waals surface area contributed by atoms with Crippen molar-refractivity contribution in [2.45, 2.75) is 24.3 Å². The lowest BCUT2D eigenvalue weighted by molar-refractivity contribution is 0.296. The smallest absolute Gasteiger partial charge is 0.122 e. The third kappa shape index (κ3) is 3.96. The highest BCUT2D eigenvalue weighted by Gasteiger charge is 2.11. The summed E-state index contributed by atoms with van der Waals surface area (Å²) in [6.45, 7) is 1.89. The van der Waals surface area contributed by atoms with Crippen LogP contribution in [-0.2, 0) is 13.0 Å². The quantitative estimate of drug-likeness (QED) is 0.604. The lowest BCUT2D eigenvalue weighted by atomic mass is 10.1. The van der Waals surface area contributed by atoms with Crippen molar-refractivity contribution >= 4 is 17.4 Å². The summed E-state index contributed by atoms with van der Waals surface area (Å²) in [6, 6.07) is 14.9. The molecular formula is C18H21NO2S. The van der Waals surface area contributed by atoms with Gasteiger partial charge in [-0.2, -0.15) is 0 Å². The van der Waals surface area contributed by atoms with Gasteiger partial charge in [-0.3, -0.25) is 0 Å². The van der Waals surface area contributed by atoms with Crippen molar-refractivity contribution in [3.63, 3.8) is 0 Å². The van der Waals surface area contributed by atoms with E-state index in [1.807, 2.05) is 0 Å². The summed E-state index contributed by atoms with van der Waals surface area (Å²) in [6.07, 6.45) is 1.86. The van der Waals surface area contributed by atoms with Crippen molar-refractivity contribution in [3.8, 4) is 5.75 Å². The summed E-state index contributed by atoms with van der Waals surface area (Å²) < 4.78 is 5.53. The molecular weight excluding hydrogens is 294 g/mol. The van der Waals surface area contributed by atoms with Gasteiger partial charge >= 0.3 is 0 Å². The fourth-order valence-corrected chi connectivity index (χ4v) is 3.32. The average molecular weight is 315 g/mol. The maximum Gasteiger partial charge on any atom is 0.122 e. The Labute approximate surface area is 135 Å². The Balaban J connectivity index is 1.53. The van der Waals surface area contributed by atoms with E-state index in [1.165, 1.54) is 16.0 Å². The maximum atomic E-state index is 8.79. The van der Waals surface area contributed by atoms with Crippen LogP contribution in [0.3, 0.4) is 0 Å². The Morgan fingerprint density at radius 3 is 2.82 bits per heavy atom. The first-order chi connectivity index (χ1) is 10.8. The second-order valence-corrected chi connectivity index (χ2v) is 6.51. The third-order valence-electron chi connectivity index (χ3n) is 3.68. The van der Waals surface area contributed by atoms with Crippen LogP contribution < -0.4 is 10.1 Å². The molecule has 1 heterocycles. The number of fused-ring (bicyclic) bond motifs is 1. The van der Waals surface area contributed by atoms with Crippen molar-refractivity contribution < 1.29 is 9.84 Å². The van der Waals surface area contributed by atoms with Gasteiger partial charge < -0.3 is 15.2 Å². The van der Waals surface area contributed by atoms with Gasteiger partial charge in [0.1, 0.15) is 5.75 Å². The fraction of sp³-hybridized carbons (Fsp3) is 0.333. The molecule has 22 heavy (non-hydrogen) atoms. The van der Waals surface area contributed by atoms with Crippen molar-refractivity contribution in [2.75, 3.05) is 24.3 Å². The molecule has 2 aromatic rings. The number of thioether (sulfide) groups is 1. The van der Waals surface area contributed by atoms with E-state index in [0.29, 0.717) is 0 Å². The SMILES string of the molecule is OCCCSc1ccc(NCc2ccc3c(c2)CCO3)cc1. The Morgan fingerprint density at radius 1 is 1.14 bits per heavy atom. The normalized spacial score (nSPS) is 12.8. The zero-order valence-corrected chi connectivity index (χ0v) is 13.4. The number of ether oxygens (including phenoxy) is 1. The van der Waals surface area contributed by atoms with Gasteiger partial charge in [-0.1, -0.05) is 12.1 Å². The molecule has 0 atom stereocenters. The second-order valence-electron chi connectivity index (χ2n) is 5.34. The molecule has 0 spiro atoms. The summed E-state index contributed by atoms with van der Waals surface area (Å²) in [5, 5.41) is 12.3. The second kappa shape index (κ2) is 7.56. The van der Waals surface area contributed by atoms with E-state index in [-0.39, 0.29) is 6.61 Å². The van der Waals surface area contributed by atoms with Crippen LogP contribution in [0.5, 0.6) is 5.75 Å². The standard InChI is InChI=1S/C18H21NO2S/c20-9-1-11-22-17-5-3-16(4-6-17)19-13-14-2-7-18-15(12-14)8-10-21-18/h2-7,12,19-20H,1,8-11,13H2. The molecule has 3 rings (SSSR count). The number of hydrogen-bond donors (Lipinski definition) is 2. The first kappa shape index (κ1) is 15.3. The molecule has 0 bridgehead atoms. The Bertz CT molecular complexity index is 613. The zero-order chi connectivity index (χ0) is 15.2. The molecule has 0 saturated heterocycles. The summed E-state index contributed by atoms with van der Waals surface area (Å²) in [7, 11) is 0. The van der Waals surface area contributed by atoms with Gasteiger partial charge in [0.2, 0.25) is 0 Å². The van der Waals surface area contributed by atoms with Crippen LogP contribution in [0.4, 0.5) is 5.69 Å². The van der Waals surface area contributed by atoms with Gasteiger partial charge in [0.15, 0.2) is 0 Å². The number of hydrogen-bond acceptors (Lipinski definition) is 4. The molecule has 0 amide bonds. The van der Waals surface area contributed by atoms with E-state index in [2.05, 4.69) is 47.8 Å². The number of aliphatic hydroxyl groups excluding tert-OH is 1. The van der Waals surface area contributed by atoms with Crippen LogP contribution in [0.25, 0.3) is 0 Å². The highest BCUT2D eigenvalue weighted by Crippen LogP contribution is 2.26. The van der Waals surface area contributed by atoms with Gasteiger partial charge in [0, 0.05) is 35.9 Å². The maximum absolute atomic E-state index is 8.79. The predicted octanol–water partition coefficient (Wildman–Crippen LogP) is 3.71.